The van der Waals surface area contributed by atoms with Crippen molar-refractivity contribution in [2.45, 2.75) is 19.9 Å². The minimum atomic E-state index is 0.376. The molecule has 1 unspecified atom stereocenters. The molecule has 0 bridgehead atoms. The maximum Gasteiger partial charge on any atom is 0.120 e. The summed E-state index contributed by atoms with van der Waals surface area (Å²) in [6.07, 6.45) is 1.15. The van der Waals surface area contributed by atoms with Crippen LogP contribution < -0.4 is 5.32 Å². The van der Waals surface area contributed by atoms with E-state index in [4.69, 9.17) is 4.74 Å². The number of hydrogen-bond acceptors (Lipinski definition) is 3. The molecule has 16 heavy (non-hydrogen) atoms. The van der Waals surface area contributed by atoms with E-state index in [1.807, 2.05) is 19.1 Å². The predicted molar refractivity (Wildman–Crippen MR) is 63.5 cm³/mol. The first-order chi connectivity index (χ1) is 7.75. The van der Waals surface area contributed by atoms with Crippen molar-refractivity contribution in [3.63, 3.8) is 0 Å². The summed E-state index contributed by atoms with van der Waals surface area (Å²) in [6, 6.07) is 5.70. The Hall–Kier alpha value is -1.06. The second-order valence-electron chi connectivity index (χ2n) is 4.49. The third-order valence-corrected chi connectivity index (χ3v) is 3.01. The van der Waals surface area contributed by atoms with Crippen LogP contribution in [0.15, 0.2) is 18.2 Å². The number of aromatic hydroxyl groups is 1. The van der Waals surface area contributed by atoms with Crippen LogP contribution >= 0.6 is 0 Å². The molecule has 3 nitrogen and oxygen atoms in total. The first-order valence-corrected chi connectivity index (χ1v) is 5.82. The second kappa shape index (κ2) is 5.32. The van der Waals surface area contributed by atoms with Gasteiger partial charge in [0.15, 0.2) is 0 Å². The van der Waals surface area contributed by atoms with E-state index in [1.165, 1.54) is 5.56 Å². The zero-order valence-corrected chi connectivity index (χ0v) is 9.70. The third-order valence-electron chi connectivity index (χ3n) is 3.01. The highest BCUT2D eigenvalue weighted by molar-refractivity contribution is 5.35. The highest BCUT2D eigenvalue weighted by atomic mass is 16.5. The quantitative estimate of drug-likeness (QED) is 0.815. The molecule has 0 aromatic heterocycles. The number of aryl methyl sites for hydroxylation is 1. The molecule has 1 atom stereocenters. The molecule has 88 valence electrons. The number of benzene rings is 1. The Morgan fingerprint density at radius 1 is 1.50 bits per heavy atom. The lowest BCUT2D eigenvalue weighted by Crippen LogP contribution is -2.22. The lowest BCUT2D eigenvalue weighted by Gasteiger charge is -2.10. The van der Waals surface area contributed by atoms with Crippen LogP contribution in [-0.2, 0) is 11.3 Å². The molecule has 1 aliphatic heterocycles. The van der Waals surface area contributed by atoms with Crippen molar-refractivity contribution in [3.8, 4) is 5.75 Å². The van der Waals surface area contributed by atoms with Crippen LogP contribution in [0, 0.1) is 12.8 Å². The van der Waals surface area contributed by atoms with Gasteiger partial charge in [-0.25, -0.2) is 0 Å². The molecule has 0 radical (unpaired) electrons. The first-order valence-electron chi connectivity index (χ1n) is 5.82. The maximum absolute atomic E-state index is 9.66. The molecule has 1 aromatic rings. The third kappa shape index (κ3) is 2.97. The van der Waals surface area contributed by atoms with Gasteiger partial charge in [-0.05, 0) is 25.3 Å². The van der Waals surface area contributed by atoms with Gasteiger partial charge in [-0.15, -0.1) is 0 Å². The molecule has 2 N–H and O–H groups in total. The fourth-order valence-electron chi connectivity index (χ4n) is 2.01. The van der Waals surface area contributed by atoms with E-state index in [0.717, 1.165) is 38.3 Å². The van der Waals surface area contributed by atoms with Gasteiger partial charge in [0.1, 0.15) is 5.75 Å². The van der Waals surface area contributed by atoms with Gasteiger partial charge < -0.3 is 15.2 Å². The summed E-state index contributed by atoms with van der Waals surface area (Å²) >= 11 is 0. The molecule has 1 fully saturated rings. The zero-order valence-electron chi connectivity index (χ0n) is 9.70. The minimum Gasteiger partial charge on any atom is -0.508 e. The van der Waals surface area contributed by atoms with Crippen LogP contribution in [0.3, 0.4) is 0 Å². The predicted octanol–water partition coefficient (Wildman–Crippen LogP) is 1.83. The van der Waals surface area contributed by atoms with Crippen LogP contribution in [0.25, 0.3) is 0 Å². The molecule has 2 rings (SSSR count). The van der Waals surface area contributed by atoms with Gasteiger partial charge in [0, 0.05) is 25.3 Å². The van der Waals surface area contributed by atoms with Gasteiger partial charge in [0.05, 0.1) is 6.61 Å². The Balaban J connectivity index is 1.82. The highest BCUT2D eigenvalue weighted by Crippen LogP contribution is 2.18. The number of rotatable bonds is 4. The zero-order chi connectivity index (χ0) is 11.4. The molecule has 0 spiro atoms. The van der Waals surface area contributed by atoms with Gasteiger partial charge in [-0.1, -0.05) is 17.7 Å². The summed E-state index contributed by atoms with van der Waals surface area (Å²) < 4.78 is 5.31. The van der Waals surface area contributed by atoms with Crippen LogP contribution in [0.5, 0.6) is 5.75 Å². The lowest BCUT2D eigenvalue weighted by atomic mass is 10.1. The molecule has 0 saturated carbocycles. The molecule has 3 heteroatoms. The van der Waals surface area contributed by atoms with Gasteiger partial charge in [-0.3, -0.25) is 0 Å². The normalized spacial score (nSPS) is 20.2. The number of ether oxygens (including phenoxy) is 1. The van der Waals surface area contributed by atoms with E-state index in [2.05, 4.69) is 5.32 Å². The van der Waals surface area contributed by atoms with Crippen LogP contribution in [-0.4, -0.2) is 24.9 Å². The van der Waals surface area contributed by atoms with Crippen LogP contribution in [0.4, 0.5) is 0 Å². The summed E-state index contributed by atoms with van der Waals surface area (Å²) in [5.41, 5.74) is 2.15. The highest BCUT2D eigenvalue weighted by Gasteiger charge is 2.14. The van der Waals surface area contributed by atoms with Crippen molar-refractivity contribution in [1.29, 1.82) is 0 Å². The fourth-order valence-corrected chi connectivity index (χ4v) is 2.01. The monoisotopic (exact) mass is 221 g/mol. The average Bonchev–Trinajstić information content (AvgIpc) is 2.76. The van der Waals surface area contributed by atoms with Gasteiger partial charge >= 0.3 is 0 Å². The summed E-state index contributed by atoms with van der Waals surface area (Å²) in [7, 11) is 0. The SMILES string of the molecule is Cc1ccc(O)c(CNCC2CCOC2)c1. The standard InChI is InChI=1S/C13H19NO2/c1-10-2-3-13(15)12(6-10)8-14-7-11-4-5-16-9-11/h2-3,6,11,14-15H,4-5,7-9H2,1H3. The Labute approximate surface area is 96.4 Å². The molecule has 1 heterocycles. The second-order valence-corrected chi connectivity index (χ2v) is 4.49. The van der Waals surface area contributed by atoms with E-state index >= 15 is 0 Å². The van der Waals surface area contributed by atoms with Crippen molar-refractivity contribution in [3.05, 3.63) is 29.3 Å². The number of phenols is 1. The molecule has 0 amide bonds. The molecule has 0 aliphatic carbocycles. The summed E-state index contributed by atoms with van der Waals surface area (Å²) in [5, 5.41) is 13.0. The van der Waals surface area contributed by atoms with E-state index in [-0.39, 0.29) is 0 Å². The minimum absolute atomic E-state index is 0.376. The fraction of sp³-hybridized carbons (Fsp3) is 0.538. The summed E-state index contributed by atoms with van der Waals surface area (Å²) in [6.45, 7) is 5.49. The topological polar surface area (TPSA) is 41.5 Å². The average molecular weight is 221 g/mol. The van der Waals surface area contributed by atoms with Gasteiger partial charge in [0.25, 0.3) is 0 Å². The van der Waals surface area contributed by atoms with E-state index < -0.39 is 0 Å². The number of hydrogen-bond donors (Lipinski definition) is 2. The molecular weight excluding hydrogens is 202 g/mol. The van der Waals surface area contributed by atoms with Crippen molar-refractivity contribution in [2.75, 3.05) is 19.8 Å². The number of phenolic OH excluding ortho intramolecular Hbond substituents is 1. The Bertz CT molecular complexity index is 346. The molecule has 1 aromatic carbocycles. The molecule has 1 saturated heterocycles. The number of nitrogens with one attached hydrogen (secondary N) is 1. The maximum atomic E-state index is 9.66. The van der Waals surface area contributed by atoms with Crippen LogP contribution in [0.2, 0.25) is 0 Å². The Morgan fingerprint density at radius 3 is 3.12 bits per heavy atom. The van der Waals surface area contributed by atoms with Crippen LogP contribution in [0.1, 0.15) is 17.5 Å². The van der Waals surface area contributed by atoms with E-state index in [0.29, 0.717) is 11.7 Å². The van der Waals surface area contributed by atoms with Gasteiger partial charge in [0.2, 0.25) is 0 Å². The van der Waals surface area contributed by atoms with Gasteiger partial charge in [-0.2, -0.15) is 0 Å². The smallest absolute Gasteiger partial charge is 0.120 e. The summed E-state index contributed by atoms with van der Waals surface area (Å²) in [4.78, 5) is 0. The Kier molecular flexibility index (Phi) is 3.80. The van der Waals surface area contributed by atoms with Crippen molar-refractivity contribution >= 4 is 0 Å². The lowest BCUT2D eigenvalue weighted by molar-refractivity contribution is 0.185. The van der Waals surface area contributed by atoms with E-state index in [1.54, 1.807) is 6.07 Å². The summed E-state index contributed by atoms with van der Waals surface area (Å²) in [5.74, 6) is 1.01. The largest absolute Gasteiger partial charge is 0.508 e. The molecular formula is C13H19NO2. The van der Waals surface area contributed by atoms with Crippen molar-refractivity contribution in [2.24, 2.45) is 5.92 Å². The Morgan fingerprint density at radius 2 is 2.38 bits per heavy atom. The molecule has 1 aliphatic rings. The van der Waals surface area contributed by atoms with Crippen molar-refractivity contribution < 1.29 is 9.84 Å². The van der Waals surface area contributed by atoms with E-state index in [9.17, 15) is 5.11 Å². The van der Waals surface area contributed by atoms with Crippen molar-refractivity contribution in [1.82, 2.24) is 5.32 Å². The first kappa shape index (κ1) is 11.4.